The van der Waals surface area contributed by atoms with Crippen LogP contribution in [-0.2, 0) is 6.42 Å². The number of aryl methyl sites for hydroxylation is 1. The molecule has 21 heavy (non-hydrogen) atoms. The summed E-state index contributed by atoms with van der Waals surface area (Å²) in [5, 5.41) is 12.2. The van der Waals surface area contributed by atoms with Crippen LogP contribution in [0.3, 0.4) is 0 Å². The minimum absolute atomic E-state index is 0.0352. The lowest BCUT2D eigenvalue weighted by atomic mass is 10.00. The highest BCUT2D eigenvalue weighted by atomic mass is 16.5. The summed E-state index contributed by atoms with van der Waals surface area (Å²) in [5.74, 6) is 0.488. The third-order valence-corrected chi connectivity index (χ3v) is 3.51. The number of carboxylic acid groups (broad SMARTS) is 1. The first-order chi connectivity index (χ1) is 10.1. The number of pyridine rings is 1. The average Bonchev–Trinajstić information content (AvgIpc) is 2.47. The number of ether oxygens (including phenoxy) is 1. The van der Waals surface area contributed by atoms with Gasteiger partial charge in [0.25, 0.3) is 0 Å². The Morgan fingerprint density at radius 3 is 2.95 bits per heavy atom. The maximum atomic E-state index is 10.9. The van der Waals surface area contributed by atoms with Gasteiger partial charge < -0.3 is 15.2 Å². The Balaban J connectivity index is 1.75. The van der Waals surface area contributed by atoms with Gasteiger partial charge >= 0.3 is 5.97 Å². The van der Waals surface area contributed by atoms with E-state index in [2.05, 4.69) is 16.4 Å². The van der Waals surface area contributed by atoms with Gasteiger partial charge in [-0.2, -0.15) is 0 Å². The molecule has 1 unspecified atom stereocenters. The summed E-state index contributed by atoms with van der Waals surface area (Å²) in [6.45, 7) is 2.57. The van der Waals surface area contributed by atoms with Crippen LogP contribution in [0.2, 0.25) is 0 Å². The molecular weight excluding hydrogens is 268 g/mol. The van der Waals surface area contributed by atoms with E-state index in [4.69, 9.17) is 9.84 Å². The highest BCUT2D eigenvalue weighted by molar-refractivity contribution is 5.85. The zero-order chi connectivity index (χ0) is 14.8. The second kappa shape index (κ2) is 5.44. The second-order valence-corrected chi connectivity index (χ2v) is 5.13. The molecular formula is C16H16N2O3. The van der Waals surface area contributed by atoms with E-state index in [-0.39, 0.29) is 11.7 Å². The van der Waals surface area contributed by atoms with E-state index in [0.29, 0.717) is 12.4 Å². The molecule has 1 aliphatic rings. The highest BCUT2D eigenvalue weighted by Gasteiger charge is 2.21. The molecule has 0 amide bonds. The summed E-state index contributed by atoms with van der Waals surface area (Å²) in [5.41, 5.74) is 2.33. The van der Waals surface area contributed by atoms with Crippen molar-refractivity contribution >= 4 is 11.8 Å². The first kappa shape index (κ1) is 13.4. The quantitative estimate of drug-likeness (QED) is 0.906. The lowest BCUT2D eigenvalue weighted by Gasteiger charge is -2.27. The van der Waals surface area contributed by atoms with Crippen LogP contribution in [0.15, 0.2) is 36.4 Å². The topological polar surface area (TPSA) is 71.5 Å². The van der Waals surface area contributed by atoms with Crippen molar-refractivity contribution in [3.63, 3.8) is 0 Å². The van der Waals surface area contributed by atoms with Crippen molar-refractivity contribution in [2.24, 2.45) is 0 Å². The predicted molar refractivity (Wildman–Crippen MR) is 79.0 cm³/mol. The molecule has 5 nitrogen and oxygen atoms in total. The van der Waals surface area contributed by atoms with Crippen LogP contribution >= 0.6 is 0 Å². The summed E-state index contributed by atoms with van der Waals surface area (Å²) >= 11 is 0. The van der Waals surface area contributed by atoms with Gasteiger partial charge in [0.2, 0.25) is 0 Å². The van der Waals surface area contributed by atoms with Crippen molar-refractivity contribution in [2.45, 2.75) is 19.4 Å². The SMILES string of the molecule is Cc1cccc2c1OCC(Nc1cccc(C(=O)O)n1)C2. The number of benzene rings is 1. The molecule has 0 saturated heterocycles. The van der Waals surface area contributed by atoms with Crippen LogP contribution in [0.4, 0.5) is 5.82 Å². The van der Waals surface area contributed by atoms with Crippen LogP contribution in [0.5, 0.6) is 5.75 Å². The minimum Gasteiger partial charge on any atom is -0.491 e. The smallest absolute Gasteiger partial charge is 0.354 e. The molecule has 2 aromatic rings. The molecule has 0 saturated carbocycles. The highest BCUT2D eigenvalue weighted by Crippen LogP contribution is 2.29. The monoisotopic (exact) mass is 284 g/mol. The van der Waals surface area contributed by atoms with Gasteiger partial charge in [0.05, 0.1) is 6.04 Å². The fraction of sp³-hybridized carbons (Fsp3) is 0.250. The number of anilines is 1. The van der Waals surface area contributed by atoms with Crippen molar-refractivity contribution in [2.75, 3.05) is 11.9 Å². The number of hydrogen-bond acceptors (Lipinski definition) is 4. The van der Waals surface area contributed by atoms with Gasteiger partial charge in [0.15, 0.2) is 5.69 Å². The fourth-order valence-electron chi connectivity index (χ4n) is 2.52. The number of nitrogens with zero attached hydrogens (tertiary/aromatic N) is 1. The number of aromatic carboxylic acids is 1. The lowest BCUT2D eigenvalue weighted by Crippen LogP contribution is -2.33. The summed E-state index contributed by atoms with van der Waals surface area (Å²) < 4.78 is 5.81. The average molecular weight is 284 g/mol. The van der Waals surface area contributed by atoms with E-state index in [1.807, 2.05) is 19.1 Å². The summed E-state index contributed by atoms with van der Waals surface area (Å²) in [6.07, 6.45) is 0.829. The number of carboxylic acids is 1. The number of rotatable bonds is 3. The van der Waals surface area contributed by atoms with Crippen LogP contribution < -0.4 is 10.1 Å². The first-order valence-corrected chi connectivity index (χ1v) is 6.81. The minimum atomic E-state index is -1.03. The Morgan fingerprint density at radius 2 is 2.14 bits per heavy atom. The number of carbonyl (C=O) groups is 1. The zero-order valence-electron chi connectivity index (χ0n) is 11.7. The molecule has 1 aliphatic heterocycles. The van der Waals surface area contributed by atoms with E-state index in [9.17, 15) is 4.79 Å². The largest absolute Gasteiger partial charge is 0.491 e. The molecule has 108 valence electrons. The van der Waals surface area contributed by atoms with Crippen LogP contribution in [0.25, 0.3) is 0 Å². The molecule has 0 radical (unpaired) electrons. The summed E-state index contributed by atoms with van der Waals surface area (Å²) in [7, 11) is 0. The van der Waals surface area contributed by atoms with Crippen molar-refractivity contribution in [3.05, 3.63) is 53.2 Å². The Kier molecular flexibility index (Phi) is 3.48. The molecule has 1 atom stereocenters. The molecule has 1 aromatic heterocycles. The normalized spacial score (nSPS) is 16.7. The predicted octanol–water partition coefficient (Wildman–Crippen LogP) is 2.50. The van der Waals surface area contributed by atoms with Gasteiger partial charge in [-0.15, -0.1) is 0 Å². The molecule has 3 rings (SSSR count). The lowest BCUT2D eigenvalue weighted by molar-refractivity contribution is 0.0690. The summed E-state index contributed by atoms with van der Waals surface area (Å²) in [6, 6.07) is 11.1. The summed E-state index contributed by atoms with van der Waals surface area (Å²) in [4.78, 5) is 15.0. The van der Waals surface area contributed by atoms with Gasteiger partial charge in [-0.05, 0) is 36.6 Å². The van der Waals surface area contributed by atoms with Gasteiger partial charge in [0.1, 0.15) is 18.2 Å². The molecule has 0 spiro atoms. The van der Waals surface area contributed by atoms with Crippen LogP contribution in [0, 0.1) is 6.92 Å². The van der Waals surface area contributed by atoms with Gasteiger partial charge in [-0.25, -0.2) is 9.78 Å². The third kappa shape index (κ3) is 2.81. The second-order valence-electron chi connectivity index (χ2n) is 5.13. The van der Waals surface area contributed by atoms with Crippen molar-refractivity contribution in [1.29, 1.82) is 0 Å². The molecule has 5 heteroatoms. The number of aromatic nitrogens is 1. The number of hydrogen-bond donors (Lipinski definition) is 2. The number of nitrogens with one attached hydrogen (secondary N) is 1. The Bertz CT molecular complexity index is 685. The number of para-hydroxylation sites is 1. The first-order valence-electron chi connectivity index (χ1n) is 6.81. The van der Waals surface area contributed by atoms with E-state index < -0.39 is 5.97 Å². The van der Waals surface area contributed by atoms with Crippen molar-refractivity contribution in [3.8, 4) is 5.75 Å². The van der Waals surface area contributed by atoms with Gasteiger partial charge in [-0.1, -0.05) is 24.3 Å². The van der Waals surface area contributed by atoms with E-state index in [0.717, 1.165) is 23.3 Å². The van der Waals surface area contributed by atoms with Crippen LogP contribution in [0.1, 0.15) is 21.6 Å². The van der Waals surface area contributed by atoms with E-state index in [1.165, 1.54) is 6.07 Å². The maximum absolute atomic E-state index is 10.9. The Hall–Kier alpha value is -2.56. The molecule has 2 N–H and O–H groups in total. The Morgan fingerprint density at radius 1 is 1.33 bits per heavy atom. The maximum Gasteiger partial charge on any atom is 0.354 e. The number of fused-ring (bicyclic) bond motifs is 1. The van der Waals surface area contributed by atoms with Crippen molar-refractivity contribution in [1.82, 2.24) is 4.98 Å². The van der Waals surface area contributed by atoms with E-state index >= 15 is 0 Å². The third-order valence-electron chi connectivity index (χ3n) is 3.51. The fourth-order valence-corrected chi connectivity index (χ4v) is 2.52. The van der Waals surface area contributed by atoms with Gasteiger partial charge in [-0.3, -0.25) is 0 Å². The van der Waals surface area contributed by atoms with E-state index in [1.54, 1.807) is 12.1 Å². The van der Waals surface area contributed by atoms with Crippen LogP contribution in [-0.4, -0.2) is 28.7 Å². The van der Waals surface area contributed by atoms with Crippen molar-refractivity contribution < 1.29 is 14.6 Å². The molecule has 2 heterocycles. The van der Waals surface area contributed by atoms with Gasteiger partial charge in [0, 0.05) is 0 Å². The molecule has 0 bridgehead atoms. The molecule has 1 aromatic carbocycles. The Labute approximate surface area is 122 Å². The standard InChI is InChI=1S/C16H16N2O3/c1-10-4-2-5-11-8-12(9-21-15(10)11)17-14-7-3-6-13(18-14)16(19)20/h2-7,12H,8-9H2,1H3,(H,17,18)(H,19,20). The molecule has 0 fully saturated rings. The molecule has 0 aliphatic carbocycles. The zero-order valence-corrected chi connectivity index (χ0v) is 11.7.